The van der Waals surface area contributed by atoms with Crippen LogP contribution in [0.3, 0.4) is 0 Å². The molecule has 3 rings (SSSR count). The lowest BCUT2D eigenvalue weighted by molar-refractivity contribution is 0.212. The summed E-state index contributed by atoms with van der Waals surface area (Å²) < 4.78 is 0. The minimum Gasteiger partial charge on any atom is -0.323 e. The molecule has 1 aliphatic heterocycles. The molecule has 1 heterocycles. The summed E-state index contributed by atoms with van der Waals surface area (Å²) in [4.78, 5) is 4.10. The lowest BCUT2D eigenvalue weighted by Gasteiger charge is -2.47. The summed E-state index contributed by atoms with van der Waals surface area (Å²) in [6.45, 7) is 2.25. The van der Waals surface area contributed by atoms with E-state index in [1.54, 1.807) is 13.3 Å². The number of halogens is 1. The third kappa shape index (κ3) is 3.15. The first-order valence-electron chi connectivity index (χ1n) is 8.33. The van der Waals surface area contributed by atoms with Crippen molar-refractivity contribution >= 4 is 23.5 Å². The Kier molecular flexibility index (Phi) is 4.74. The first-order valence-corrected chi connectivity index (χ1v) is 8.70. The zero-order valence-corrected chi connectivity index (χ0v) is 14.6. The van der Waals surface area contributed by atoms with Gasteiger partial charge in [-0.3, -0.25) is 4.99 Å². The molecular formula is C18H25ClN4. The fourth-order valence-electron chi connectivity index (χ4n) is 4.52. The molecule has 1 aromatic carbocycles. The van der Waals surface area contributed by atoms with Gasteiger partial charge in [-0.2, -0.15) is 5.10 Å². The number of fused-ring (bicyclic) bond motifs is 2. The Morgan fingerprint density at radius 2 is 2.26 bits per heavy atom. The molecule has 1 unspecified atom stereocenters. The van der Waals surface area contributed by atoms with Gasteiger partial charge in [-0.25, -0.2) is 0 Å². The van der Waals surface area contributed by atoms with Crippen molar-refractivity contribution in [2.24, 2.45) is 15.9 Å². The van der Waals surface area contributed by atoms with E-state index in [2.05, 4.69) is 34.5 Å². The van der Waals surface area contributed by atoms with Crippen LogP contribution in [0.5, 0.6) is 0 Å². The van der Waals surface area contributed by atoms with E-state index in [0.29, 0.717) is 6.04 Å². The lowest BCUT2D eigenvalue weighted by Crippen LogP contribution is -2.55. The van der Waals surface area contributed by atoms with E-state index in [4.69, 9.17) is 17.4 Å². The van der Waals surface area contributed by atoms with Gasteiger partial charge in [0.1, 0.15) is 0 Å². The third-order valence-corrected chi connectivity index (χ3v) is 5.52. The van der Waals surface area contributed by atoms with E-state index >= 15 is 0 Å². The Bertz CT molecular complexity index is 640. The molecule has 1 fully saturated rings. The number of rotatable bonds is 2. The Balaban J connectivity index is 1.99. The maximum absolute atomic E-state index is 6.21. The second-order valence-corrected chi connectivity index (χ2v) is 7.34. The summed E-state index contributed by atoms with van der Waals surface area (Å²) in [6, 6.07) is 6.97. The van der Waals surface area contributed by atoms with Crippen LogP contribution in [-0.2, 0) is 11.8 Å². The average Bonchev–Trinajstić information content (AvgIpc) is 2.51. The molecule has 23 heavy (non-hydrogen) atoms. The largest absolute Gasteiger partial charge is 0.323 e. The minimum atomic E-state index is 0.147. The molecule has 1 aliphatic carbocycles. The minimum absolute atomic E-state index is 0.147. The maximum Gasteiger partial charge on any atom is 0.0947 e. The summed E-state index contributed by atoms with van der Waals surface area (Å²) in [5.74, 6) is 5.61. The molecule has 1 spiro atoms. The number of nitrogens with two attached hydrogens (primary N) is 1. The predicted octanol–water partition coefficient (Wildman–Crippen LogP) is 3.07. The molecule has 2 aliphatic rings. The Morgan fingerprint density at radius 1 is 1.43 bits per heavy atom. The van der Waals surface area contributed by atoms with Crippen LogP contribution < -0.4 is 11.2 Å². The molecule has 0 aromatic heterocycles. The molecule has 3 atom stereocenters. The van der Waals surface area contributed by atoms with Crippen LogP contribution in [0.25, 0.3) is 0 Å². The van der Waals surface area contributed by atoms with Crippen molar-refractivity contribution in [3.8, 4) is 0 Å². The molecule has 0 saturated carbocycles. The highest BCUT2D eigenvalue weighted by Gasteiger charge is 2.43. The van der Waals surface area contributed by atoms with Crippen LogP contribution >= 0.6 is 11.6 Å². The second kappa shape index (κ2) is 6.62. The van der Waals surface area contributed by atoms with E-state index in [-0.39, 0.29) is 11.5 Å². The first kappa shape index (κ1) is 16.5. The SMILES string of the molecule is CN=C/C(=N\N)[C@@H]1CC2(CCCc3cc(Cl)ccc32)C[C@H](C)N1. The van der Waals surface area contributed by atoms with Crippen molar-refractivity contribution in [3.63, 3.8) is 0 Å². The number of aliphatic imine (C=N–C) groups is 1. The van der Waals surface area contributed by atoms with Gasteiger partial charge in [0.15, 0.2) is 0 Å². The van der Waals surface area contributed by atoms with Gasteiger partial charge in [0.25, 0.3) is 0 Å². The number of hydrazone groups is 1. The molecule has 4 nitrogen and oxygen atoms in total. The molecular weight excluding hydrogens is 308 g/mol. The standard InChI is InChI=1S/C18H25ClN4/c1-12-9-18(10-16(22-12)17(23-20)11-21-2)7-3-4-13-8-14(19)5-6-15(13)18/h5-6,8,11-12,16,22H,3-4,7,9-10,20H2,1-2H3/b21-11?,23-17+/t12-,16-,18?/m0/s1. The van der Waals surface area contributed by atoms with E-state index in [1.165, 1.54) is 24.0 Å². The number of benzene rings is 1. The van der Waals surface area contributed by atoms with E-state index < -0.39 is 0 Å². The fraction of sp³-hybridized carbons (Fsp3) is 0.556. The number of nitrogens with zero attached hydrogens (tertiary/aromatic N) is 2. The van der Waals surface area contributed by atoms with Crippen LogP contribution in [-0.4, -0.2) is 31.1 Å². The summed E-state index contributed by atoms with van der Waals surface area (Å²) >= 11 is 6.21. The van der Waals surface area contributed by atoms with Crippen molar-refractivity contribution in [1.82, 2.24) is 5.32 Å². The van der Waals surface area contributed by atoms with Crippen LogP contribution in [0.1, 0.15) is 43.7 Å². The van der Waals surface area contributed by atoms with Crippen molar-refractivity contribution < 1.29 is 0 Å². The fourth-order valence-corrected chi connectivity index (χ4v) is 4.71. The second-order valence-electron chi connectivity index (χ2n) is 6.91. The maximum atomic E-state index is 6.21. The monoisotopic (exact) mass is 332 g/mol. The molecule has 3 N–H and O–H groups in total. The quantitative estimate of drug-likeness (QED) is 0.496. The molecule has 1 aromatic rings. The van der Waals surface area contributed by atoms with Gasteiger partial charge >= 0.3 is 0 Å². The Hall–Kier alpha value is -1.39. The third-order valence-electron chi connectivity index (χ3n) is 5.29. The van der Waals surface area contributed by atoms with Gasteiger partial charge in [-0.15, -0.1) is 0 Å². The summed E-state index contributed by atoms with van der Waals surface area (Å²) in [5.41, 5.74) is 3.90. The number of hydrogen-bond donors (Lipinski definition) is 2. The molecule has 1 saturated heterocycles. The van der Waals surface area contributed by atoms with Gasteiger partial charge in [0.2, 0.25) is 0 Å². The summed E-state index contributed by atoms with van der Waals surface area (Å²) in [5, 5.41) is 8.44. The molecule has 0 radical (unpaired) electrons. The smallest absolute Gasteiger partial charge is 0.0947 e. The Morgan fingerprint density at radius 3 is 3.00 bits per heavy atom. The van der Waals surface area contributed by atoms with Crippen molar-refractivity contribution in [2.45, 2.75) is 56.5 Å². The zero-order chi connectivity index (χ0) is 16.4. The van der Waals surface area contributed by atoms with E-state index in [0.717, 1.165) is 30.0 Å². The molecule has 0 amide bonds. The predicted molar refractivity (Wildman–Crippen MR) is 97.7 cm³/mol. The lowest BCUT2D eigenvalue weighted by atomic mass is 9.62. The number of aryl methyl sites for hydroxylation is 1. The highest BCUT2D eigenvalue weighted by molar-refractivity contribution is 6.33. The van der Waals surface area contributed by atoms with Crippen LogP contribution in [0.4, 0.5) is 0 Å². The normalized spacial score (nSPS) is 31.5. The average molecular weight is 333 g/mol. The van der Waals surface area contributed by atoms with Gasteiger partial charge < -0.3 is 11.2 Å². The Labute approximate surface area is 143 Å². The highest BCUT2D eigenvalue weighted by atomic mass is 35.5. The van der Waals surface area contributed by atoms with Crippen molar-refractivity contribution in [2.75, 3.05) is 7.05 Å². The van der Waals surface area contributed by atoms with Crippen LogP contribution in [0.15, 0.2) is 28.3 Å². The van der Waals surface area contributed by atoms with Crippen LogP contribution in [0.2, 0.25) is 5.02 Å². The van der Waals surface area contributed by atoms with Crippen LogP contribution in [0, 0.1) is 0 Å². The number of hydrogen-bond acceptors (Lipinski definition) is 4. The molecule has 5 heteroatoms. The number of piperidine rings is 1. The van der Waals surface area contributed by atoms with Gasteiger partial charge in [0.05, 0.1) is 11.8 Å². The topological polar surface area (TPSA) is 62.8 Å². The molecule has 0 bridgehead atoms. The van der Waals surface area contributed by atoms with Gasteiger partial charge in [-0.05, 0) is 67.7 Å². The summed E-state index contributed by atoms with van der Waals surface area (Å²) in [6.07, 6.45) is 7.47. The van der Waals surface area contributed by atoms with Crippen molar-refractivity contribution in [3.05, 3.63) is 34.3 Å². The van der Waals surface area contributed by atoms with E-state index in [1.807, 2.05) is 6.07 Å². The molecule has 124 valence electrons. The number of nitrogens with one attached hydrogen (secondary N) is 1. The van der Waals surface area contributed by atoms with Gasteiger partial charge in [0, 0.05) is 24.3 Å². The van der Waals surface area contributed by atoms with E-state index in [9.17, 15) is 0 Å². The highest BCUT2D eigenvalue weighted by Crippen LogP contribution is 2.46. The van der Waals surface area contributed by atoms with Gasteiger partial charge in [-0.1, -0.05) is 17.7 Å². The summed E-state index contributed by atoms with van der Waals surface area (Å²) in [7, 11) is 1.76. The first-order chi connectivity index (χ1) is 11.1. The zero-order valence-electron chi connectivity index (χ0n) is 13.8. The van der Waals surface area contributed by atoms with Crippen molar-refractivity contribution in [1.29, 1.82) is 0 Å².